The molecule has 0 aliphatic heterocycles. The predicted octanol–water partition coefficient (Wildman–Crippen LogP) is 3.55. The molecule has 0 bridgehead atoms. The summed E-state index contributed by atoms with van der Waals surface area (Å²) in [5, 5.41) is 1.45. The van der Waals surface area contributed by atoms with Crippen LogP contribution in [0.3, 0.4) is 0 Å². The van der Waals surface area contributed by atoms with E-state index >= 15 is 0 Å². The predicted molar refractivity (Wildman–Crippen MR) is 81.0 cm³/mol. The second kappa shape index (κ2) is 10.7. The molecule has 1 atom stereocenters. The van der Waals surface area contributed by atoms with Gasteiger partial charge in [0.1, 0.15) is 6.04 Å². The number of amides is 1. The van der Waals surface area contributed by atoms with Crippen LogP contribution in [0.2, 0.25) is 0 Å². The van der Waals surface area contributed by atoms with Gasteiger partial charge in [0.25, 0.3) is 0 Å². The Labute approximate surface area is 141 Å². The van der Waals surface area contributed by atoms with Gasteiger partial charge in [0.05, 0.1) is 6.61 Å². The summed E-state index contributed by atoms with van der Waals surface area (Å²) < 4.78 is 67.3. The Bertz CT molecular complexity index is 404. The molecule has 0 saturated heterocycles. The zero-order chi connectivity index (χ0) is 18.8. The summed E-state index contributed by atoms with van der Waals surface area (Å²) in [6, 6.07) is -1.54. The number of carbonyl (C=O) groups is 2. The normalized spacial score (nSPS) is 13.5. The molecule has 0 saturated carbocycles. The summed E-state index contributed by atoms with van der Waals surface area (Å²) in [5.74, 6) is -8.84. The fourth-order valence-corrected chi connectivity index (χ4v) is 2.14. The molecule has 0 fully saturated rings. The first kappa shape index (κ1) is 22.9. The molecule has 0 rings (SSSR count). The molecule has 0 aliphatic carbocycles. The molecule has 1 amide bonds. The van der Waals surface area contributed by atoms with Gasteiger partial charge >= 0.3 is 24.0 Å². The molecule has 0 aromatic heterocycles. The number of rotatable bonds is 11. The third kappa shape index (κ3) is 7.67. The van der Waals surface area contributed by atoms with E-state index in [9.17, 15) is 31.5 Å². The second-order valence-corrected chi connectivity index (χ2v) is 6.09. The molecule has 0 heterocycles. The standard InChI is InChI=1S/C14H22F5NO3S/c1-3-4-5-6-8-23-11(21)10(7-9-24-2)20-12(22)13(15,16)14(17,18)19/h10H,3-9H2,1-2H3,(H,20,22). The van der Waals surface area contributed by atoms with Crippen molar-refractivity contribution in [2.75, 3.05) is 18.6 Å². The topological polar surface area (TPSA) is 55.4 Å². The number of esters is 1. The van der Waals surface area contributed by atoms with Crippen LogP contribution < -0.4 is 5.32 Å². The largest absolute Gasteiger partial charge is 0.464 e. The first-order chi connectivity index (χ1) is 11.1. The minimum atomic E-state index is -6.02. The monoisotopic (exact) mass is 379 g/mol. The van der Waals surface area contributed by atoms with Gasteiger partial charge in [-0.3, -0.25) is 4.79 Å². The lowest BCUT2D eigenvalue weighted by atomic mass is 10.2. The number of thioether (sulfide) groups is 1. The number of alkyl halides is 5. The van der Waals surface area contributed by atoms with Crippen molar-refractivity contribution in [2.45, 2.75) is 57.2 Å². The van der Waals surface area contributed by atoms with Gasteiger partial charge in [0, 0.05) is 0 Å². The van der Waals surface area contributed by atoms with Crippen LogP contribution in [0.1, 0.15) is 39.0 Å². The van der Waals surface area contributed by atoms with Gasteiger partial charge in [-0.25, -0.2) is 4.79 Å². The van der Waals surface area contributed by atoms with Crippen molar-refractivity contribution >= 4 is 23.6 Å². The Morgan fingerprint density at radius 2 is 1.75 bits per heavy atom. The molecule has 0 aliphatic rings. The average Bonchev–Trinajstić information content (AvgIpc) is 2.49. The summed E-state index contributed by atoms with van der Waals surface area (Å²) >= 11 is 1.25. The molecule has 0 aromatic carbocycles. The fourth-order valence-electron chi connectivity index (χ4n) is 1.66. The number of halogens is 5. The number of hydrogen-bond acceptors (Lipinski definition) is 4. The number of hydrogen-bond donors (Lipinski definition) is 1. The maximum atomic E-state index is 13.0. The van der Waals surface area contributed by atoms with Crippen LogP contribution in [0.25, 0.3) is 0 Å². The first-order valence-electron chi connectivity index (χ1n) is 7.49. The van der Waals surface area contributed by atoms with E-state index in [1.807, 2.05) is 6.92 Å². The molecule has 0 spiro atoms. The maximum absolute atomic E-state index is 13.0. The minimum Gasteiger partial charge on any atom is -0.464 e. The number of carbonyl (C=O) groups excluding carboxylic acids is 2. The van der Waals surface area contributed by atoms with E-state index in [0.717, 1.165) is 19.3 Å². The number of nitrogens with one attached hydrogen (secondary N) is 1. The summed E-state index contributed by atoms with van der Waals surface area (Å²) in [4.78, 5) is 23.0. The quantitative estimate of drug-likeness (QED) is 0.339. The lowest BCUT2D eigenvalue weighted by molar-refractivity contribution is -0.270. The highest BCUT2D eigenvalue weighted by Crippen LogP contribution is 2.35. The lowest BCUT2D eigenvalue weighted by Crippen LogP contribution is -2.55. The van der Waals surface area contributed by atoms with Gasteiger partial charge < -0.3 is 10.1 Å². The smallest absolute Gasteiger partial charge is 0.463 e. The van der Waals surface area contributed by atoms with Crippen LogP contribution >= 0.6 is 11.8 Å². The molecular weight excluding hydrogens is 357 g/mol. The van der Waals surface area contributed by atoms with E-state index < -0.39 is 30.0 Å². The van der Waals surface area contributed by atoms with Gasteiger partial charge in [-0.05, 0) is 24.9 Å². The highest BCUT2D eigenvalue weighted by atomic mass is 32.2. The van der Waals surface area contributed by atoms with Crippen LogP contribution in [0.4, 0.5) is 22.0 Å². The van der Waals surface area contributed by atoms with E-state index in [1.165, 1.54) is 17.1 Å². The van der Waals surface area contributed by atoms with Gasteiger partial charge in [-0.1, -0.05) is 26.2 Å². The Morgan fingerprint density at radius 3 is 2.25 bits per heavy atom. The van der Waals surface area contributed by atoms with E-state index in [1.54, 1.807) is 6.26 Å². The highest BCUT2D eigenvalue weighted by Gasteiger charge is 2.63. The summed E-state index contributed by atoms with van der Waals surface area (Å²) in [5.41, 5.74) is 0. The summed E-state index contributed by atoms with van der Waals surface area (Å²) in [7, 11) is 0. The first-order valence-corrected chi connectivity index (χ1v) is 8.88. The third-order valence-corrected chi connectivity index (χ3v) is 3.73. The van der Waals surface area contributed by atoms with Crippen molar-refractivity contribution in [1.29, 1.82) is 0 Å². The zero-order valence-corrected chi connectivity index (χ0v) is 14.4. The van der Waals surface area contributed by atoms with Crippen LogP contribution in [0.5, 0.6) is 0 Å². The second-order valence-electron chi connectivity index (χ2n) is 5.11. The Morgan fingerprint density at radius 1 is 1.12 bits per heavy atom. The van der Waals surface area contributed by atoms with E-state index in [4.69, 9.17) is 4.74 Å². The Kier molecular flexibility index (Phi) is 10.3. The molecular formula is C14H22F5NO3S. The Hall–Kier alpha value is -1.06. The summed E-state index contributed by atoms with van der Waals surface area (Å²) in [6.07, 6.45) is -1.20. The van der Waals surface area contributed by atoms with Crippen LogP contribution in [-0.4, -0.2) is 48.6 Å². The van der Waals surface area contributed by atoms with Crippen molar-refractivity contribution in [3.8, 4) is 0 Å². The fraction of sp³-hybridized carbons (Fsp3) is 0.857. The minimum absolute atomic E-state index is 0.0279. The average molecular weight is 379 g/mol. The van der Waals surface area contributed by atoms with Crippen LogP contribution in [0.15, 0.2) is 0 Å². The number of ether oxygens (including phenoxy) is 1. The van der Waals surface area contributed by atoms with Crippen molar-refractivity contribution in [3.05, 3.63) is 0 Å². The van der Waals surface area contributed by atoms with Gasteiger partial charge in [0.2, 0.25) is 0 Å². The lowest BCUT2D eigenvalue weighted by Gasteiger charge is -2.22. The van der Waals surface area contributed by atoms with Gasteiger partial charge in [0.15, 0.2) is 0 Å². The van der Waals surface area contributed by atoms with Crippen molar-refractivity contribution < 1.29 is 36.3 Å². The number of unbranched alkanes of at least 4 members (excludes halogenated alkanes) is 3. The van der Waals surface area contributed by atoms with E-state index in [2.05, 4.69) is 0 Å². The van der Waals surface area contributed by atoms with Crippen molar-refractivity contribution in [1.82, 2.24) is 5.32 Å². The molecule has 0 radical (unpaired) electrons. The molecule has 10 heteroatoms. The van der Waals surface area contributed by atoms with Gasteiger partial charge in [-0.2, -0.15) is 33.7 Å². The summed E-state index contributed by atoms with van der Waals surface area (Å²) in [6.45, 7) is 2.01. The van der Waals surface area contributed by atoms with Crippen molar-refractivity contribution in [2.24, 2.45) is 0 Å². The molecule has 24 heavy (non-hydrogen) atoms. The maximum Gasteiger partial charge on any atom is 0.463 e. The molecule has 4 nitrogen and oxygen atoms in total. The van der Waals surface area contributed by atoms with Crippen LogP contribution in [0, 0.1) is 0 Å². The molecule has 0 aromatic rings. The molecule has 1 N–H and O–H groups in total. The Balaban J connectivity index is 4.70. The highest BCUT2D eigenvalue weighted by molar-refractivity contribution is 7.98. The molecule has 1 unspecified atom stereocenters. The third-order valence-electron chi connectivity index (χ3n) is 3.08. The SMILES string of the molecule is CCCCCCOC(=O)C(CCSC)NC(=O)C(F)(F)C(F)(F)F. The van der Waals surface area contributed by atoms with E-state index in [-0.39, 0.29) is 18.8 Å². The van der Waals surface area contributed by atoms with Crippen molar-refractivity contribution in [3.63, 3.8) is 0 Å². The van der Waals surface area contributed by atoms with Crippen LogP contribution in [-0.2, 0) is 14.3 Å². The molecule has 142 valence electrons. The van der Waals surface area contributed by atoms with Gasteiger partial charge in [-0.15, -0.1) is 0 Å². The van der Waals surface area contributed by atoms with E-state index in [0.29, 0.717) is 6.42 Å². The zero-order valence-electron chi connectivity index (χ0n) is 13.5.